The van der Waals surface area contributed by atoms with Crippen molar-refractivity contribution in [1.29, 1.82) is 0 Å². The number of amides is 1. The number of carbonyl (C=O) groups is 1. The minimum Gasteiger partial charge on any atom is -0.320 e. The summed E-state index contributed by atoms with van der Waals surface area (Å²) in [7, 11) is 0. The SMILES string of the molecule is CC(C)CC(N)C(=O)Nc1nncs1.Cl. The zero-order chi connectivity index (χ0) is 10.6. The molecule has 0 aromatic carbocycles. The van der Waals surface area contributed by atoms with Crippen molar-refractivity contribution in [2.45, 2.75) is 26.3 Å². The second-order valence-electron chi connectivity index (χ2n) is 3.47. The average Bonchev–Trinajstić information content (AvgIpc) is 2.55. The highest BCUT2D eigenvalue weighted by atomic mass is 35.5. The van der Waals surface area contributed by atoms with Crippen LogP contribution in [0.2, 0.25) is 0 Å². The third-order valence-corrected chi connectivity index (χ3v) is 2.26. The Morgan fingerprint density at radius 2 is 2.33 bits per heavy atom. The van der Waals surface area contributed by atoms with E-state index in [1.54, 1.807) is 5.51 Å². The molecule has 1 unspecified atom stereocenters. The van der Waals surface area contributed by atoms with E-state index in [1.165, 1.54) is 11.3 Å². The fourth-order valence-corrected chi connectivity index (χ4v) is 1.49. The summed E-state index contributed by atoms with van der Waals surface area (Å²) < 4.78 is 0. The van der Waals surface area contributed by atoms with Gasteiger partial charge < -0.3 is 5.73 Å². The van der Waals surface area contributed by atoms with Gasteiger partial charge in [-0.2, -0.15) is 0 Å². The van der Waals surface area contributed by atoms with Gasteiger partial charge in [-0.15, -0.1) is 22.6 Å². The minimum absolute atomic E-state index is 0. The Kier molecular flexibility index (Phi) is 6.38. The highest BCUT2D eigenvalue weighted by molar-refractivity contribution is 7.13. The van der Waals surface area contributed by atoms with E-state index in [4.69, 9.17) is 5.73 Å². The number of halogens is 1. The Labute approximate surface area is 98.9 Å². The molecule has 15 heavy (non-hydrogen) atoms. The lowest BCUT2D eigenvalue weighted by Crippen LogP contribution is -2.36. The third-order valence-electron chi connectivity index (χ3n) is 1.65. The third kappa shape index (κ3) is 5.06. The normalized spacial score (nSPS) is 12.0. The summed E-state index contributed by atoms with van der Waals surface area (Å²) in [5, 5.41) is 10.4. The first-order valence-corrected chi connectivity index (χ1v) is 5.30. The smallest absolute Gasteiger partial charge is 0.243 e. The molecule has 0 aliphatic carbocycles. The number of rotatable bonds is 4. The van der Waals surface area contributed by atoms with Crippen LogP contribution in [0, 0.1) is 5.92 Å². The molecule has 1 atom stereocenters. The van der Waals surface area contributed by atoms with Gasteiger partial charge in [0.2, 0.25) is 11.0 Å². The van der Waals surface area contributed by atoms with Crippen molar-refractivity contribution < 1.29 is 4.79 Å². The first-order valence-electron chi connectivity index (χ1n) is 4.42. The van der Waals surface area contributed by atoms with Gasteiger partial charge in [-0.3, -0.25) is 10.1 Å². The van der Waals surface area contributed by atoms with E-state index >= 15 is 0 Å². The lowest BCUT2D eigenvalue weighted by atomic mass is 10.0. The number of nitrogens with zero attached hydrogens (tertiary/aromatic N) is 2. The van der Waals surface area contributed by atoms with Gasteiger partial charge in [-0.05, 0) is 12.3 Å². The molecule has 1 rings (SSSR count). The first kappa shape index (κ1) is 14.3. The van der Waals surface area contributed by atoms with Crippen LogP contribution in [0.1, 0.15) is 20.3 Å². The van der Waals surface area contributed by atoms with Crippen LogP contribution >= 0.6 is 23.7 Å². The number of anilines is 1. The molecule has 0 fully saturated rings. The van der Waals surface area contributed by atoms with Gasteiger partial charge in [-0.25, -0.2) is 0 Å². The van der Waals surface area contributed by atoms with E-state index in [0.29, 0.717) is 17.5 Å². The second-order valence-corrected chi connectivity index (χ2v) is 4.30. The topological polar surface area (TPSA) is 80.9 Å². The van der Waals surface area contributed by atoms with Gasteiger partial charge in [-0.1, -0.05) is 25.2 Å². The van der Waals surface area contributed by atoms with Crippen molar-refractivity contribution in [2.24, 2.45) is 11.7 Å². The van der Waals surface area contributed by atoms with Gasteiger partial charge in [0.1, 0.15) is 5.51 Å². The lowest BCUT2D eigenvalue weighted by Gasteiger charge is -2.12. The number of nitrogens with one attached hydrogen (secondary N) is 1. The van der Waals surface area contributed by atoms with Crippen LogP contribution in [-0.2, 0) is 4.79 Å². The Hall–Kier alpha value is -0.720. The molecule has 0 aliphatic heterocycles. The molecular formula is C8H15ClN4OS. The Morgan fingerprint density at radius 1 is 1.67 bits per heavy atom. The molecule has 7 heteroatoms. The monoisotopic (exact) mass is 250 g/mol. The maximum Gasteiger partial charge on any atom is 0.243 e. The van der Waals surface area contributed by atoms with Crippen LogP contribution in [0.15, 0.2) is 5.51 Å². The summed E-state index contributed by atoms with van der Waals surface area (Å²) in [4.78, 5) is 11.4. The summed E-state index contributed by atoms with van der Waals surface area (Å²) in [5.74, 6) is 0.209. The molecule has 1 aromatic heterocycles. The van der Waals surface area contributed by atoms with Crippen molar-refractivity contribution in [3.05, 3.63) is 5.51 Å². The summed E-state index contributed by atoms with van der Waals surface area (Å²) in [6, 6.07) is -0.473. The predicted octanol–water partition coefficient (Wildman–Crippen LogP) is 1.27. The quantitative estimate of drug-likeness (QED) is 0.843. The zero-order valence-corrected chi connectivity index (χ0v) is 10.3. The number of nitrogens with two attached hydrogens (primary N) is 1. The maximum absolute atomic E-state index is 11.4. The molecular weight excluding hydrogens is 236 g/mol. The molecule has 0 bridgehead atoms. The van der Waals surface area contributed by atoms with Crippen LogP contribution in [0.3, 0.4) is 0 Å². The van der Waals surface area contributed by atoms with E-state index in [-0.39, 0.29) is 18.3 Å². The molecule has 0 radical (unpaired) electrons. The van der Waals surface area contributed by atoms with Crippen LogP contribution < -0.4 is 11.1 Å². The molecule has 0 saturated carbocycles. The summed E-state index contributed by atoms with van der Waals surface area (Å²) in [6.45, 7) is 4.05. The molecule has 0 saturated heterocycles. The van der Waals surface area contributed by atoms with Crippen LogP contribution in [-0.4, -0.2) is 22.1 Å². The number of hydrogen-bond acceptors (Lipinski definition) is 5. The van der Waals surface area contributed by atoms with E-state index in [1.807, 2.05) is 13.8 Å². The number of hydrogen-bond donors (Lipinski definition) is 2. The summed E-state index contributed by atoms with van der Waals surface area (Å²) >= 11 is 1.28. The van der Waals surface area contributed by atoms with Crippen molar-refractivity contribution in [2.75, 3.05) is 5.32 Å². The van der Waals surface area contributed by atoms with E-state index < -0.39 is 6.04 Å². The number of aromatic nitrogens is 2. The molecule has 1 amide bonds. The van der Waals surface area contributed by atoms with Crippen LogP contribution in [0.4, 0.5) is 5.13 Å². The second kappa shape index (κ2) is 6.71. The van der Waals surface area contributed by atoms with Crippen molar-refractivity contribution in [3.63, 3.8) is 0 Å². The molecule has 0 spiro atoms. The largest absolute Gasteiger partial charge is 0.320 e. The first-order chi connectivity index (χ1) is 6.59. The highest BCUT2D eigenvalue weighted by Crippen LogP contribution is 2.10. The Balaban J connectivity index is 0.00000196. The molecule has 1 heterocycles. The predicted molar refractivity (Wildman–Crippen MR) is 63.2 cm³/mol. The van der Waals surface area contributed by atoms with E-state index in [0.717, 1.165) is 0 Å². The van der Waals surface area contributed by atoms with Crippen molar-refractivity contribution in [3.8, 4) is 0 Å². The zero-order valence-electron chi connectivity index (χ0n) is 8.64. The molecule has 3 N–H and O–H groups in total. The Bertz CT molecular complexity index is 291. The van der Waals surface area contributed by atoms with Gasteiger partial charge >= 0.3 is 0 Å². The van der Waals surface area contributed by atoms with Gasteiger partial charge in [0.05, 0.1) is 6.04 Å². The van der Waals surface area contributed by atoms with E-state index in [9.17, 15) is 4.79 Å². The fraction of sp³-hybridized carbons (Fsp3) is 0.625. The van der Waals surface area contributed by atoms with Crippen LogP contribution in [0.5, 0.6) is 0 Å². The molecule has 0 aliphatic rings. The Morgan fingerprint density at radius 3 is 2.80 bits per heavy atom. The van der Waals surface area contributed by atoms with Gasteiger partial charge in [0.15, 0.2) is 0 Å². The fourth-order valence-electron chi connectivity index (χ4n) is 1.04. The van der Waals surface area contributed by atoms with Crippen LogP contribution in [0.25, 0.3) is 0 Å². The molecule has 1 aromatic rings. The maximum atomic E-state index is 11.4. The summed E-state index contributed by atoms with van der Waals surface area (Å²) in [5.41, 5.74) is 7.24. The number of carbonyl (C=O) groups excluding carboxylic acids is 1. The van der Waals surface area contributed by atoms with Crippen molar-refractivity contribution in [1.82, 2.24) is 10.2 Å². The highest BCUT2D eigenvalue weighted by Gasteiger charge is 2.15. The van der Waals surface area contributed by atoms with Gasteiger partial charge in [0.25, 0.3) is 0 Å². The molecule has 5 nitrogen and oxygen atoms in total. The standard InChI is InChI=1S/C8H14N4OS.ClH/c1-5(2)3-6(9)7(13)11-8-12-10-4-14-8;/h4-6H,3,9H2,1-2H3,(H,11,12,13);1H. The van der Waals surface area contributed by atoms with Crippen molar-refractivity contribution >= 4 is 34.8 Å². The summed E-state index contributed by atoms with van der Waals surface area (Å²) in [6.07, 6.45) is 0.671. The van der Waals surface area contributed by atoms with Gasteiger partial charge in [0, 0.05) is 0 Å². The molecule has 86 valence electrons. The van der Waals surface area contributed by atoms with E-state index in [2.05, 4.69) is 15.5 Å². The lowest BCUT2D eigenvalue weighted by molar-refractivity contribution is -0.117. The minimum atomic E-state index is -0.473. The average molecular weight is 251 g/mol.